The van der Waals surface area contributed by atoms with Gasteiger partial charge in [0.2, 0.25) is 11.9 Å². The van der Waals surface area contributed by atoms with Gasteiger partial charge >= 0.3 is 0 Å². The maximum Gasteiger partial charge on any atom is 0.250 e. The third kappa shape index (κ3) is 4.26. The summed E-state index contributed by atoms with van der Waals surface area (Å²) in [5.41, 5.74) is 2.27. The fraction of sp³-hybridized carbons (Fsp3) is 0.280. The van der Waals surface area contributed by atoms with Gasteiger partial charge < -0.3 is 15.1 Å². The summed E-state index contributed by atoms with van der Waals surface area (Å²) in [5.74, 6) is 1.91. The van der Waals surface area contributed by atoms with Gasteiger partial charge in [0.05, 0.1) is 11.6 Å². The Bertz CT molecular complexity index is 1150. The number of piperazine rings is 1. The minimum absolute atomic E-state index is 0.129. The molecule has 7 heteroatoms. The first kappa shape index (κ1) is 20.0. The summed E-state index contributed by atoms with van der Waals surface area (Å²) >= 11 is 0. The minimum Gasteiger partial charge on any atom is -0.339 e. The summed E-state index contributed by atoms with van der Waals surface area (Å²) in [4.78, 5) is 26.6. The molecule has 1 aromatic heterocycles. The zero-order valence-electron chi connectivity index (χ0n) is 17.7. The quantitative estimate of drug-likeness (QED) is 0.646. The number of amides is 1. The van der Waals surface area contributed by atoms with Gasteiger partial charge in [-0.05, 0) is 48.6 Å². The average Bonchev–Trinajstić information content (AvgIpc) is 3.65. The predicted octanol–water partition coefficient (Wildman–Crippen LogP) is 3.89. The van der Waals surface area contributed by atoms with Crippen LogP contribution in [0.3, 0.4) is 0 Å². The lowest BCUT2D eigenvalue weighted by atomic mass is 10.0. The molecule has 1 amide bonds. The van der Waals surface area contributed by atoms with E-state index in [0.29, 0.717) is 36.3 Å². The van der Waals surface area contributed by atoms with Gasteiger partial charge in [0.1, 0.15) is 11.9 Å². The second-order valence-electron chi connectivity index (χ2n) is 8.29. The second kappa shape index (κ2) is 8.67. The Labute approximate surface area is 187 Å². The molecule has 1 saturated carbocycles. The van der Waals surface area contributed by atoms with Gasteiger partial charge in [-0.25, -0.2) is 4.98 Å². The number of nitrogens with one attached hydrogen (secondary N) is 1. The molecule has 160 valence electrons. The smallest absolute Gasteiger partial charge is 0.250 e. The number of aromatic nitrogens is 2. The van der Waals surface area contributed by atoms with Gasteiger partial charge in [0.25, 0.3) is 0 Å². The van der Waals surface area contributed by atoms with E-state index >= 15 is 0 Å². The molecule has 1 N–H and O–H groups in total. The standard InChI is InChI=1S/C25H24N6O/c26-16-19-5-4-8-21(15-19)28-25-27-12-11-22(29-25)31-14-13-30(17-18-9-10-18)24(32)23(31)20-6-2-1-3-7-20/h1-8,11-12,15,18,23H,9-10,13-14,17H2,(H,27,28,29). The van der Waals surface area contributed by atoms with Crippen LogP contribution >= 0.6 is 0 Å². The minimum atomic E-state index is -0.409. The molecule has 2 aromatic carbocycles. The third-order valence-corrected chi connectivity index (χ3v) is 5.94. The van der Waals surface area contributed by atoms with E-state index in [1.807, 2.05) is 53.4 Å². The summed E-state index contributed by atoms with van der Waals surface area (Å²) < 4.78 is 0. The molecule has 2 aliphatic rings. The van der Waals surface area contributed by atoms with Crippen LogP contribution in [0.25, 0.3) is 0 Å². The summed E-state index contributed by atoms with van der Waals surface area (Å²) in [6.45, 7) is 2.25. The van der Waals surface area contributed by atoms with Crippen LogP contribution in [0.4, 0.5) is 17.5 Å². The lowest BCUT2D eigenvalue weighted by molar-refractivity contribution is -0.134. The molecule has 1 atom stereocenters. The monoisotopic (exact) mass is 424 g/mol. The van der Waals surface area contributed by atoms with Gasteiger partial charge in [-0.1, -0.05) is 36.4 Å². The number of benzene rings is 2. The zero-order valence-corrected chi connectivity index (χ0v) is 17.7. The fourth-order valence-electron chi connectivity index (χ4n) is 4.14. The molecule has 0 bridgehead atoms. The maximum atomic E-state index is 13.5. The van der Waals surface area contributed by atoms with E-state index in [9.17, 15) is 4.79 Å². The highest BCUT2D eigenvalue weighted by atomic mass is 16.2. The molecule has 3 aromatic rings. The van der Waals surface area contributed by atoms with Gasteiger partial charge in [-0.2, -0.15) is 10.2 Å². The molecule has 0 radical (unpaired) electrons. The van der Waals surface area contributed by atoms with Crippen LogP contribution in [0.1, 0.15) is 30.0 Å². The molecular weight excluding hydrogens is 400 g/mol. The van der Waals surface area contributed by atoms with Gasteiger partial charge in [0.15, 0.2) is 0 Å². The highest BCUT2D eigenvalue weighted by Gasteiger charge is 2.38. The van der Waals surface area contributed by atoms with Crippen LogP contribution < -0.4 is 10.2 Å². The largest absolute Gasteiger partial charge is 0.339 e. The number of anilines is 3. The van der Waals surface area contributed by atoms with Crippen LogP contribution in [0.5, 0.6) is 0 Å². The van der Waals surface area contributed by atoms with Gasteiger partial charge in [-0.3, -0.25) is 4.79 Å². The number of hydrogen-bond donors (Lipinski definition) is 1. The van der Waals surface area contributed by atoms with Crippen LogP contribution in [-0.2, 0) is 4.79 Å². The number of rotatable bonds is 6. The third-order valence-electron chi connectivity index (χ3n) is 5.94. The van der Waals surface area contributed by atoms with Crippen molar-refractivity contribution in [3.8, 4) is 6.07 Å². The van der Waals surface area contributed by atoms with Gasteiger partial charge in [-0.15, -0.1) is 0 Å². The molecule has 32 heavy (non-hydrogen) atoms. The SMILES string of the molecule is N#Cc1cccc(Nc2nccc(N3CCN(CC4CC4)C(=O)C3c3ccccc3)n2)c1. The molecule has 0 spiro atoms. The first-order valence-electron chi connectivity index (χ1n) is 10.9. The molecule has 5 rings (SSSR count). The summed E-state index contributed by atoms with van der Waals surface area (Å²) in [6.07, 6.45) is 4.14. The highest BCUT2D eigenvalue weighted by Crippen LogP contribution is 2.35. The van der Waals surface area contributed by atoms with Crippen molar-refractivity contribution in [2.75, 3.05) is 29.9 Å². The van der Waals surface area contributed by atoms with E-state index < -0.39 is 6.04 Å². The molecular formula is C25H24N6O. The van der Waals surface area contributed by atoms with Crippen LogP contribution in [-0.4, -0.2) is 40.4 Å². The molecule has 1 aliphatic heterocycles. The van der Waals surface area contributed by atoms with E-state index in [0.717, 1.165) is 17.8 Å². The van der Waals surface area contributed by atoms with E-state index in [4.69, 9.17) is 10.2 Å². The van der Waals surface area contributed by atoms with E-state index in [1.165, 1.54) is 12.8 Å². The number of nitriles is 1. The number of nitrogens with zero attached hydrogens (tertiary/aromatic N) is 5. The number of hydrogen-bond acceptors (Lipinski definition) is 6. The van der Waals surface area contributed by atoms with Crippen LogP contribution in [0.2, 0.25) is 0 Å². The van der Waals surface area contributed by atoms with E-state index in [1.54, 1.807) is 18.3 Å². The van der Waals surface area contributed by atoms with Crippen LogP contribution in [0, 0.1) is 17.2 Å². The van der Waals surface area contributed by atoms with Crippen LogP contribution in [0.15, 0.2) is 66.9 Å². The van der Waals surface area contributed by atoms with Crippen molar-refractivity contribution in [3.05, 3.63) is 78.0 Å². The van der Waals surface area contributed by atoms with Crippen molar-refractivity contribution in [2.24, 2.45) is 5.92 Å². The molecule has 7 nitrogen and oxygen atoms in total. The highest BCUT2D eigenvalue weighted by molar-refractivity contribution is 5.87. The number of carbonyl (C=O) groups excluding carboxylic acids is 1. The summed E-state index contributed by atoms with van der Waals surface area (Å²) in [5, 5.41) is 12.3. The molecule has 2 fully saturated rings. The Balaban J connectivity index is 1.43. The maximum absolute atomic E-state index is 13.5. The van der Waals surface area contributed by atoms with Crippen molar-refractivity contribution in [1.29, 1.82) is 5.26 Å². The van der Waals surface area contributed by atoms with Crippen molar-refractivity contribution >= 4 is 23.4 Å². The fourth-order valence-corrected chi connectivity index (χ4v) is 4.14. The first-order valence-corrected chi connectivity index (χ1v) is 10.9. The average molecular weight is 425 g/mol. The van der Waals surface area contributed by atoms with E-state index in [2.05, 4.69) is 21.3 Å². The summed E-state index contributed by atoms with van der Waals surface area (Å²) in [7, 11) is 0. The number of carbonyl (C=O) groups is 1. The Morgan fingerprint density at radius 2 is 1.91 bits per heavy atom. The zero-order chi connectivity index (χ0) is 21.9. The first-order chi connectivity index (χ1) is 15.7. The van der Waals surface area contributed by atoms with Crippen molar-refractivity contribution in [2.45, 2.75) is 18.9 Å². The summed E-state index contributed by atoms with van der Waals surface area (Å²) in [6, 6.07) is 20.7. The molecule has 2 heterocycles. The second-order valence-corrected chi connectivity index (χ2v) is 8.29. The lowest BCUT2D eigenvalue weighted by Gasteiger charge is -2.41. The molecule has 1 aliphatic carbocycles. The lowest BCUT2D eigenvalue weighted by Crippen LogP contribution is -2.53. The van der Waals surface area contributed by atoms with Crippen molar-refractivity contribution < 1.29 is 4.79 Å². The predicted molar refractivity (Wildman–Crippen MR) is 122 cm³/mol. The Morgan fingerprint density at radius 1 is 1.06 bits per heavy atom. The topological polar surface area (TPSA) is 85.2 Å². The Kier molecular flexibility index (Phi) is 5.42. The van der Waals surface area contributed by atoms with E-state index in [-0.39, 0.29) is 5.91 Å². The molecule has 1 unspecified atom stereocenters. The molecule has 1 saturated heterocycles. The van der Waals surface area contributed by atoms with Crippen molar-refractivity contribution in [1.82, 2.24) is 14.9 Å². The van der Waals surface area contributed by atoms with Gasteiger partial charge in [0, 0.05) is 31.5 Å². The Morgan fingerprint density at radius 3 is 2.69 bits per heavy atom. The normalized spacial score (nSPS) is 18.3. The Hall–Kier alpha value is -3.92. The van der Waals surface area contributed by atoms with Crippen molar-refractivity contribution in [3.63, 3.8) is 0 Å².